The largest absolute Gasteiger partial charge is 0.159 e. The lowest BCUT2D eigenvalue weighted by molar-refractivity contribution is 0.216. The van der Waals surface area contributed by atoms with E-state index in [2.05, 4.69) is 59.6 Å². The van der Waals surface area contributed by atoms with Crippen molar-refractivity contribution in [3.8, 4) is 0 Å². The van der Waals surface area contributed by atoms with Gasteiger partial charge in [0, 0.05) is 4.75 Å². The van der Waals surface area contributed by atoms with Crippen LogP contribution in [0.25, 0.3) is 0 Å². The summed E-state index contributed by atoms with van der Waals surface area (Å²) in [5, 5.41) is 0. The van der Waals surface area contributed by atoms with Crippen LogP contribution in [0.3, 0.4) is 0 Å². The van der Waals surface area contributed by atoms with Gasteiger partial charge in [-0.1, -0.05) is 41.5 Å². The Morgan fingerprint density at radius 1 is 1.14 bits per heavy atom. The fourth-order valence-electron chi connectivity index (χ4n) is 6.25. The van der Waals surface area contributed by atoms with Crippen LogP contribution in [0.5, 0.6) is 0 Å². The van der Waals surface area contributed by atoms with Gasteiger partial charge in [-0.2, -0.15) is 11.8 Å². The summed E-state index contributed by atoms with van der Waals surface area (Å²) in [6.07, 6.45) is 9.70. The Labute approximate surface area is 137 Å². The van der Waals surface area contributed by atoms with Gasteiger partial charge in [0.15, 0.2) is 0 Å². The molecule has 0 saturated heterocycles. The predicted molar refractivity (Wildman–Crippen MR) is 95.7 cm³/mol. The zero-order valence-corrected chi connectivity index (χ0v) is 16.1. The van der Waals surface area contributed by atoms with Gasteiger partial charge in [0.05, 0.1) is 0 Å². The summed E-state index contributed by atoms with van der Waals surface area (Å²) in [6, 6.07) is 0. The molecular weight excluding hydrogens is 272 g/mol. The number of hydrogen-bond acceptors (Lipinski definition) is 1. The number of hydrogen-bond donors (Lipinski definition) is 0. The summed E-state index contributed by atoms with van der Waals surface area (Å²) in [4.78, 5) is 0. The molecule has 0 aromatic heterocycles. The topological polar surface area (TPSA) is 0 Å². The first-order valence-corrected chi connectivity index (χ1v) is 10.4. The quantitative estimate of drug-likeness (QED) is 0.578. The SMILES string of the molecule is CSC(C)(CCC1C2C(C)C[C@@]12C)C1CC(C)C(C)(C)C1. The van der Waals surface area contributed by atoms with Crippen molar-refractivity contribution in [1.29, 1.82) is 0 Å². The fourth-order valence-corrected chi connectivity index (χ4v) is 7.08. The Bertz CT molecular complexity index is 414. The van der Waals surface area contributed by atoms with E-state index in [0.717, 1.165) is 35.0 Å². The van der Waals surface area contributed by atoms with Crippen molar-refractivity contribution < 1.29 is 0 Å². The normalized spacial score (nSPS) is 50.1. The minimum atomic E-state index is 0.518. The van der Waals surface area contributed by atoms with Crippen molar-refractivity contribution in [2.45, 2.75) is 78.4 Å². The maximum absolute atomic E-state index is 2.58. The second-order valence-electron chi connectivity index (χ2n) is 9.90. The summed E-state index contributed by atoms with van der Waals surface area (Å²) in [7, 11) is 0. The molecule has 0 aromatic carbocycles. The highest BCUT2D eigenvalue weighted by Crippen LogP contribution is 2.76. The van der Waals surface area contributed by atoms with E-state index in [1.807, 2.05) is 0 Å². The molecule has 3 rings (SSSR count). The van der Waals surface area contributed by atoms with E-state index in [0.29, 0.717) is 10.2 Å². The summed E-state index contributed by atoms with van der Waals surface area (Å²) in [5.74, 6) is 4.99. The van der Waals surface area contributed by atoms with E-state index in [4.69, 9.17) is 0 Å². The average molecular weight is 309 g/mol. The highest BCUT2D eigenvalue weighted by atomic mass is 32.2. The second kappa shape index (κ2) is 4.92. The third kappa shape index (κ3) is 2.41. The zero-order valence-electron chi connectivity index (χ0n) is 15.3. The molecule has 0 aromatic rings. The molecule has 0 N–H and O–H groups in total. The van der Waals surface area contributed by atoms with Crippen LogP contribution in [0.2, 0.25) is 0 Å². The van der Waals surface area contributed by atoms with Crippen LogP contribution in [0.1, 0.15) is 73.6 Å². The fraction of sp³-hybridized carbons (Fsp3) is 1.00. The van der Waals surface area contributed by atoms with Gasteiger partial charge in [0.2, 0.25) is 0 Å². The Morgan fingerprint density at radius 2 is 1.81 bits per heavy atom. The van der Waals surface area contributed by atoms with Crippen molar-refractivity contribution in [3.05, 3.63) is 0 Å². The molecule has 21 heavy (non-hydrogen) atoms. The Morgan fingerprint density at radius 3 is 2.19 bits per heavy atom. The second-order valence-corrected chi connectivity index (χ2v) is 11.2. The minimum Gasteiger partial charge on any atom is -0.159 e. The van der Waals surface area contributed by atoms with Crippen molar-refractivity contribution in [2.75, 3.05) is 6.26 Å². The van der Waals surface area contributed by atoms with Crippen LogP contribution in [0.4, 0.5) is 0 Å². The third-order valence-electron chi connectivity index (χ3n) is 8.33. The van der Waals surface area contributed by atoms with E-state index in [1.165, 1.54) is 32.1 Å². The van der Waals surface area contributed by atoms with Gasteiger partial charge in [0.1, 0.15) is 0 Å². The van der Waals surface area contributed by atoms with Crippen LogP contribution in [0, 0.1) is 40.4 Å². The number of thioether (sulfide) groups is 1. The molecule has 0 heterocycles. The van der Waals surface area contributed by atoms with E-state index in [-0.39, 0.29) is 0 Å². The van der Waals surface area contributed by atoms with Crippen molar-refractivity contribution in [2.24, 2.45) is 40.4 Å². The van der Waals surface area contributed by atoms with Crippen LogP contribution >= 0.6 is 11.8 Å². The van der Waals surface area contributed by atoms with Gasteiger partial charge in [0.25, 0.3) is 0 Å². The van der Waals surface area contributed by atoms with Crippen LogP contribution in [0.15, 0.2) is 0 Å². The van der Waals surface area contributed by atoms with Crippen LogP contribution in [-0.4, -0.2) is 11.0 Å². The molecule has 0 spiro atoms. The molecule has 0 radical (unpaired) electrons. The van der Waals surface area contributed by atoms with E-state index in [9.17, 15) is 0 Å². The van der Waals surface area contributed by atoms with Crippen LogP contribution in [-0.2, 0) is 0 Å². The standard InChI is InChI=1S/C20H36S/c1-13-11-19(5)16(17(13)19)8-9-20(6,21-7)15-10-14(2)18(3,4)12-15/h13-17H,8-12H2,1-7H3/t13?,14?,15?,16?,17?,19-,20?/m0/s1. The zero-order chi connectivity index (χ0) is 15.6. The van der Waals surface area contributed by atoms with E-state index >= 15 is 0 Å². The highest BCUT2D eigenvalue weighted by molar-refractivity contribution is 7.99. The Balaban J connectivity index is 1.60. The maximum atomic E-state index is 2.58. The maximum Gasteiger partial charge on any atom is 0.0157 e. The van der Waals surface area contributed by atoms with E-state index in [1.54, 1.807) is 0 Å². The van der Waals surface area contributed by atoms with Gasteiger partial charge >= 0.3 is 0 Å². The van der Waals surface area contributed by atoms with Gasteiger partial charge in [-0.25, -0.2) is 0 Å². The molecule has 1 heteroatoms. The van der Waals surface area contributed by atoms with Crippen molar-refractivity contribution in [3.63, 3.8) is 0 Å². The average Bonchev–Trinajstić information content (AvgIpc) is 2.75. The first-order valence-electron chi connectivity index (χ1n) is 9.19. The molecule has 3 aliphatic rings. The van der Waals surface area contributed by atoms with Crippen molar-refractivity contribution in [1.82, 2.24) is 0 Å². The highest BCUT2D eigenvalue weighted by Gasteiger charge is 2.70. The summed E-state index contributed by atoms with van der Waals surface area (Å²) < 4.78 is 0.518. The lowest BCUT2D eigenvalue weighted by Crippen LogP contribution is -2.30. The molecule has 6 unspecified atom stereocenters. The predicted octanol–water partition coefficient (Wildman–Crippen LogP) is 6.25. The first kappa shape index (κ1) is 16.2. The summed E-state index contributed by atoms with van der Waals surface area (Å²) in [6.45, 7) is 15.1. The first-order chi connectivity index (χ1) is 9.64. The van der Waals surface area contributed by atoms with Crippen molar-refractivity contribution >= 4 is 11.8 Å². The minimum absolute atomic E-state index is 0.518. The monoisotopic (exact) mass is 308 g/mol. The summed E-state index contributed by atoms with van der Waals surface area (Å²) >= 11 is 2.16. The number of rotatable bonds is 5. The van der Waals surface area contributed by atoms with Gasteiger partial charge in [-0.05, 0) is 78.8 Å². The Kier molecular flexibility index (Phi) is 3.80. The Hall–Kier alpha value is 0.350. The van der Waals surface area contributed by atoms with Gasteiger partial charge in [-0.15, -0.1) is 0 Å². The molecule has 3 fully saturated rings. The molecule has 3 saturated carbocycles. The van der Waals surface area contributed by atoms with Gasteiger partial charge in [-0.3, -0.25) is 0 Å². The molecule has 3 aliphatic carbocycles. The van der Waals surface area contributed by atoms with Gasteiger partial charge < -0.3 is 0 Å². The molecule has 0 amide bonds. The molecule has 7 atom stereocenters. The molecule has 122 valence electrons. The lowest BCUT2D eigenvalue weighted by Gasteiger charge is -2.35. The molecule has 0 bridgehead atoms. The number of fused-ring (bicyclic) bond motifs is 1. The third-order valence-corrected chi connectivity index (χ3v) is 9.80. The molecule has 0 aliphatic heterocycles. The van der Waals surface area contributed by atoms with Crippen LogP contribution < -0.4 is 0 Å². The lowest BCUT2D eigenvalue weighted by atomic mass is 9.77. The summed E-state index contributed by atoms with van der Waals surface area (Å²) in [5.41, 5.74) is 1.32. The smallest absolute Gasteiger partial charge is 0.0157 e. The molecule has 0 nitrogen and oxygen atoms in total. The molecular formula is C20H36S. The van der Waals surface area contributed by atoms with E-state index < -0.39 is 0 Å².